The Hall–Kier alpha value is -3.69. The van der Waals surface area contributed by atoms with Crippen molar-refractivity contribution in [3.63, 3.8) is 0 Å². The molecule has 0 aliphatic heterocycles. The fourth-order valence-corrected chi connectivity index (χ4v) is 2.71. The second kappa shape index (κ2) is 7.91. The number of hydrogen-bond donors (Lipinski definition) is 1. The molecule has 0 bridgehead atoms. The van der Waals surface area contributed by atoms with Gasteiger partial charge in [-0.15, -0.1) is 0 Å². The van der Waals surface area contributed by atoms with Crippen LogP contribution >= 0.6 is 0 Å². The molecule has 0 fully saturated rings. The third kappa shape index (κ3) is 4.00. The zero-order chi connectivity index (χ0) is 20.3. The minimum absolute atomic E-state index is 0.116. The molecule has 2 aromatic heterocycles. The summed E-state index contributed by atoms with van der Waals surface area (Å²) in [6.45, 7) is 3.64. The Balaban J connectivity index is 1.77. The molecule has 0 aliphatic carbocycles. The van der Waals surface area contributed by atoms with Crippen LogP contribution in [0.4, 0.5) is 5.82 Å². The van der Waals surface area contributed by atoms with Crippen LogP contribution < -0.4 is 10.1 Å². The number of amides is 1. The fraction of sp³-hybridized carbons (Fsp3) is 0.278. The van der Waals surface area contributed by atoms with E-state index in [2.05, 4.69) is 15.6 Å². The predicted molar refractivity (Wildman–Crippen MR) is 98.1 cm³/mol. The lowest BCUT2D eigenvalue weighted by Crippen LogP contribution is -2.28. The number of aryl methyl sites for hydroxylation is 1. The second-order valence-corrected chi connectivity index (χ2v) is 6.17. The maximum Gasteiger partial charge on any atom is 0.389 e. The second-order valence-electron chi connectivity index (χ2n) is 6.17. The van der Waals surface area contributed by atoms with Gasteiger partial charge in [0, 0.05) is 0 Å². The van der Waals surface area contributed by atoms with Crippen LogP contribution in [-0.2, 0) is 6.54 Å². The maximum absolute atomic E-state index is 12.7. The van der Waals surface area contributed by atoms with Gasteiger partial charge < -0.3 is 24.7 Å². The van der Waals surface area contributed by atoms with Gasteiger partial charge >= 0.3 is 5.82 Å². The number of carbonyl (C=O) groups excluding carboxylic acids is 1. The van der Waals surface area contributed by atoms with Crippen LogP contribution in [0, 0.1) is 17.0 Å². The first-order chi connectivity index (χ1) is 13.4. The minimum atomic E-state index is -0.583. The van der Waals surface area contributed by atoms with E-state index in [0.717, 1.165) is 5.56 Å². The molecule has 0 aliphatic rings. The summed E-state index contributed by atoms with van der Waals surface area (Å²) in [4.78, 5) is 22.9. The van der Waals surface area contributed by atoms with E-state index < -0.39 is 10.8 Å². The predicted octanol–water partition coefficient (Wildman–Crippen LogP) is 2.64. The number of hydrogen-bond acceptors (Lipinski definition) is 7. The SMILES string of the molecule is COc1cccc(C(C)NC(=O)c2noc(C)c2Cn2ccc([N+](=O)[O-])n2)c1. The molecule has 1 unspecified atom stereocenters. The molecule has 1 atom stereocenters. The van der Waals surface area contributed by atoms with E-state index in [1.165, 1.54) is 16.9 Å². The topological polar surface area (TPSA) is 125 Å². The monoisotopic (exact) mass is 385 g/mol. The van der Waals surface area contributed by atoms with Crippen molar-refractivity contribution in [1.29, 1.82) is 0 Å². The van der Waals surface area contributed by atoms with Gasteiger partial charge in [0.2, 0.25) is 0 Å². The van der Waals surface area contributed by atoms with E-state index in [9.17, 15) is 14.9 Å². The van der Waals surface area contributed by atoms with Crippen molar-refractivity contribution in [2.24, 2.45) is 0 Å². The molecule has 0 saturated carbocycles. The fourth-order valence-electron chi connectivity index (χ4n) is 2.71. The number of rotatable bonds is 7. The number of aromatic nitrogens is 3. The summed E-state index contributed by atoms with van der Waals surface area (Å²) in [5, 5.41) is 21.4. The lowest BCUT2D eigenvalue weighted by molar-refractivity contribution is -0.389. The standard InChI is InChI=1S/C18H19N5O5/c1-11(13-5-4-6-14(9-13)27-3)19-18(24)17-15(12(2)28-21-17)10-22-8-7-16(20-22)23(25)26/h4-9,11H,10H2,1-3H3,(H,19,24). The highest BCUT2D eigenvalue weighted by Gasteiger charge is 2.23. The molecule has 1 amide bonds. The minimum Gasteiger partial charge on any atom is -0.497 e. The van der Waals surface area contributed by atoms with Crippen LogP contribution in [0.3, 0.4) is 0 Å². The van der Waals surface area contributed by atoms with Crippen LogP contribution in [0.15, 0.2) is 41.1 Å². The van der Waals surface area contributed by atoms with Crippen molar-refractivity contribution in [3.8, 4) is 5.75 Å². The molecule has 28 heavy (non-hydrogen) atoms. The first-order valence-corrected chi connectivity index (χ1v) is 8.47. The van der Waals surface area contributed by atoms with Crippen molar-refractivity contribution in [2.45, 2.75) is 26.4 Å². The summed E-state index contributed by atoms with van der Waals surface area (Å²) < 4.78 is 11.7. The van der Waals surface area contributed by atoms with Gasteiger partial charge in [-0.25, -0.2) is 0 Å². The van der Waals surface area contributed by atoms with Crippen LogP contribution in [0.2, 0.25) is 0 Å². The van der Waals surface area contributed by atoms with Crippen molar-refractivity contribution in [1.82, 2.24) is 20.3 Å². The maximum atomic E-state index is 12.7. The van der Waals surface area contributed by atoms with Crippen LogP contribution in [0.1, 0.15) is 40.3 Å². The van der Waals surface area contributed by atoms with Crippen LogP contribution in [0.25, 0.3) is 0 Å². The van der Waals surface area contributed by atoms with Crippen molar-refractivity contribution >= 4 is 11.7 Å². The normalized spacial score (nSPS) is 11.8. The Labute approximate surface area is 160 Å². The third-order valence-corrected chi connectivity index (χ3v) is 4.27. The number of nitrogens with zero attached hydrogens (tertiary/aromatic N) is 4. The zero-order valence-electron chi connectivity index (χ0n) is 15.6. The number of benzene rings is 1. The summed E-state index contributed by atoms with van der Waals surface area (Å²) in [6.07, 6.45) is 1.46. The number of nitrogens with one attached hydrogen (secondary N) is 1. The third-order valence-electron chi connectivity index (χ3n) is 4.27. The van der Waals surface area contributed by atoms with E-state index in [-0.39, 0.29) is 24.1 Å². The van der Waals surface area contributed by atoms with Crippen LogP contribution in [0.5, 0.6) is 5.75 Å². The van der Waals surface area contributed by atoms with E-state index in [1.54, 1.807) is 14.0 Å². The zero-order valence-corrected chi connectivity index (χ0v) is 15.6. The number of methoxy groups -OCH3 is 1. The Kier molecular flexibility index (Phi) is 5.39. The molecule has 146 valence electrons. The molecular formula is C18H19N5O5. The Morgan fingerprint density at radius 1 is 1.43 bits per heavy atom. The molecule has 0 spiro atoms. The smallest absolute Gasteiger partial charge is 0.389 e. The molecule has 10 heteroatoms. The summed E-state index contributed by atoms with van der Waals surface area (Å²) in [7, 11) is 1.58. The molecule has 0 saturated heterocycles. The highest BCUT2D eigenvalue weighted by molar-refractivity contribution is 5.94. The molecule has 1 aromatic carbocycles. The number of ether oxygens (including phenoxy) is 1. The quantitative estimate of drug-likeness (QED) is 0.489. The molecule has 3 rings (SSSR count). The first kappa shape index (κ1) is 19.1. The average molecular weight is 385 g/mol. The lowest BCUT2D eigenvalue weighted by atomic mass is 10.1. The van der Waals surface area contributed by atoms with Gasteiger partial charge in [0.25, 0.3) is 5.91 Å². The lowest BCUT2D eigenvalue weighted by Gasteiger charge is -2.14. The summed E-state index contributed by atoms with van der Waals surface area (Å²) in [5.41, 5.74) is 1.50. The molecule has 2 heterocycles. The van der Waals surface area contributed by atoms with Gasteiger partial charge in [0.1, 0.15) is 11.5 Å². The van der Waals surface area contributed by atoms with E-state index >= 15 is 0 Å². The van der Waals surface area contributed by atoms with E-state index in [1.807, 2.05) is 31.2 Å². The summed E-state index contributed by atoms with van der Waals surface area (Å²) >= 11 is 0. The largest absolute Gasteiger partial charge is 0.497 e. The Morgan fingerprint density at radius 3 is 2.89 bits per heavy atom. The van der Waals surface area contributed by atoms with E-state index in [0.29, 0.717) is 17.1 Å². The summed E-state index contributed by atoms with van der Waals surface area (Å²) in [5.74, 6) is 0.449. The van der Waals surface area contributed by atoms with Gasteiger partial charge in [-0.3, -0.25) is 4.79 Å². The Morgan fingerprint density at radius 2 is 2.21 bits per heavy atom. The molecule has 3 aromatic rings. The van der Waals surface area contributed by atoms with Gasteiger partial charge in [-0.1, -0.05) is 17.3 Å². The molecular weight excluding hydrogens is 366 g/mol. The summed E-state index contributed by atoms with van der Waals surface area (Å²) in [6, 6.07) is 8.37. The van der Waals surface area contributed by atoms with Gasteiger partial charge in [0.05, 0.1) is 42.6 Å². The molecule has 1 N–H and O–H groups in total. The van der Waals surface area contributed by atoms with Crippen molar-refractivity contribution < 1.29 is 19.0 Å². The number of carbonyl (C=O) groups is 1. The Bertz CT molecular complexity index is 1010. The van der Waals surface area contributed by atoms with Gasteiger partial charge in [-0.05, 0) is 36.5 Å². The average Bonchev–Trinajstić information content (AvgIpc) is 3.29. The van der Waals surface area contributed by atoms with Crippen LogP contribution in [-0.4, -0.2) is 32.9 Å². The number of nitro groups is 1. The van der Waals surface area contributed by atoms with Crippen molar-refractivity contribution in [3.05, 3.63) is 69.2 Å². The highest BCUT2D eigenvalue weighted by Crippen LogP contribution is 2.21. The molecule has 0 radical (unpaired) electrons. The van der Waals surface area contributed by atoms with Gasteiger partial charge in [-0.2, -0.15) is 4.68 Å². The highest BCUT2D eigenvalue weighted by atomic mass is 16.6. The van der Waals surface area contributed by atoms with Gasteiger partial charge in [0.15, 0.2) is 5.69 Å². The molecule has 10 nitrogen and oxygen atoms in total. The first-order valence-electron chi connectivity index (χ1n) is 8.47. The van der Waals surface area contributed by atoms with E-state index in [4.69, 9.17) is 9.26 Å². The van der Waals surface area contributed by atoms with Crippen molar-refractivity contribution in [2.75, 3.05) is 7.11 Å².